The number of rotatable bonds is 5. The lowest BCUT2D eigenvalue weighted by Gasteiger charge is -2.30. The van der Waals surface area contributed by atoms with Gasteiger partial charge in [0, 0.05) is 18.7 Å². The average molecular weight is 627 g/mol. The topological polar surface area (TPSA) is 155 Å². The molecule has 3 heterocycles. The Hall–Kier alpha value is -3.14. The van der Waals surface area contributed by atoms with E-state index in [1.165, 1.54) is 28.4 Å². The zero-order valence-corrected chi connectivity index (χ0v) is 25.9. The van der Waals surface area contributed by atoms with Crippen LogP contribution in [0.4, 0.5) is 25.4 Å². The number of aromatic nitrogens is 1. The van der Waals surface area contributed by atoms with Crippen LogP contribution in [0.15, 0.2) is 18.2 Å². The van der Waals surface area contributed by atoms with Crippen molar-refractivity contribution in [2.75, 3.05) is 28.6 Å². The molecule has 0 saturated carbocycles. The Balaban J connectivity index is 1.61. The van der Waals surface area contributed by atoms with E-state index in [0.29, 0.717) is 39.9 Å². The Kier molecular flexibility index (Phi) is 8.71. The van der Waals surface area contributed by atoms with E-state index in [1.54, 1.807) is 41.5 Å². The van der Waals surface area contributed by atoms with Gasteiger partial charge in [-0.1, -0.05) is 0 Å². The number of hydrogen-bond acceptors (Lipinski definition) is 10. The summed E-state index contributed by atoms with van der Waals surface area (Å²) in [5, 5.41) is 3.84. The molecule has 230 valence electrons. The molecule has 4 rings (SSSR count). The molecule has 2 atom stereocenters. The van der Waals surface area contributed by atoms with Crippen molar-refractivity contribution in [1.29, 1.82) is 0 Å². The molecule has 2 N–H and O–H groups in total. The maximum absolute atomic E-state index is 15.2. The first-order chi connectivity index (χ1) is 19.3. The maximum Gasteiger partial charge on any atom is 0.424 e. The van der Waals surface area contributed by atoms with E-state index < -0.39 is 45.0 Å². The zero-order chi connectivity index (χ0) is 31.2. The normalized spacial score (nSPS) is 19.4. The Morgan fingerprint density at radius 1 is 1.17 bits per heavy atom. The second-order valence-corrected chi connectivity index (χ2v) is 14.8. The van der Waals surface area contributed by atoms with Gasteiger partial charge in [0.05, 0.1) is 23.2 Å². The number of anilines is 2. The molecule has 0 bridgehead atoms. The summed E-state index contributed by atoms with van der Waals surface area (Å²) in [5.74, 6) is -1.92. The average Bonchev–Trinajstić information content (AvgIpc) is 3.45. The lowest BCUT2D eigenvalue weighted by Crippen LogP contribution is -2.44. The highest BCUT2D eigenvalue weighted by Crippen LogP contribution is 2.37. The van der Waals surface area contributed by atoms with Gasteiger partial charge in [0.25, 0.3) is 16.0 Å². The van der Waals surface area contributed by atoms with Crippen molar-refractivity contribution in [3.63, 3.8) is 0 Å². The van der Waals surface area contributed by atoms with Gasteiger partial charge in [-0.3, -0.25) is 9.35 Å². The molecule has 1 fully saturated rings. The molecule has 0 aliphatic carbocycles. The number of fused-ring (bicyclic) bond motifs is 1. The standard InChI is InChI=1S/C27H35FN4O8S2/c1-26(2,3)39-24(34)32(25(35)40-27(4,5)6)20-12-16(7-8-17(20)28)31-10-9-18-21(23(31)33)41-22(30-18)19-11-15(13-29-19)14-42(36,37)38/h7-8,12,15,19,29H,9-11,13-14H2,1-6H3,(H,36,37,38)/t15-,19-/m1/s1. The van der Waals surface area contributed by atoms with Gasteiger partial charge in [-0.25, -0.2) is 19.0 Å². The molecular formula is C27H35FN4O8S2. The SMILES string of the molecule is CC(C)(C)OC(=O)N(C(=O)OC(C)(C)C)c1cc(N2CCc3nc([C@H]4C[C@@H](CS(=O)(=O)O)CN4)sc3C2=O)ccc1F. The molecule has 2 aliphatic rings. The van der Waals surface area contributed by atoms with E-state index in [4.69, 9.17) is 9.47 Å². The van der Waals surface area contributed by atoms with E-state index in [9.17, 15) is 27.4 Å². The maximum atomic E-state index is 15.2. The fourth-order valence-corrected chi connectivity index (χ4v) is 6.69. The second kappa shape index (κ2) is 11.5. The lowest BCUT2D eigenvalue weighted by molar-refractivity contribution is 0.0428. The van der Waals surface area contributed by atoms with Crippen molar-refractivity contribution >= 4 is 50.9 Å². The number of amides is 3. The van der Waals surface area contributed by atoms with E-state index in [-0.39, 0.29) is 35.9 Å². The van der Waals surface area contributed by atoms with Crippen molar-refractivity contribution in [2.24, 2.45) is 5.92 Å². The highest BCUT2D eigenvalue weighted by Gasteiger charge is 2.37. The Morgan fingerprint density at radius 3 is 2.36 bits per heavy atom. The number of nitrogens with zero attached hydrogens (tertiary/aromatic N) is 3. The molecule has 1 aromatic carbocycles. The molecule has 1 saturated heterocycles. The van der Waals surface area contributed by atoms with Gasteiger partial charge in [-0.05, 0) is 78.6 Å². The number of thiazole rings is 1. The largest absolute Gasteiger partial charge is 0.443 e. The Morgan fingerprint density at radius 2 is 1.79 bits per heavy atom. The van der Waals surface area contributed by atoms with Crippen LogP contribution in [0.1, 0.15) is 74.4 Å². The van der Waals surface area contributed by atoms with Crippen LogP contribution in [0.25, 0.3) is 0 Å². The summed E-state index contributed by atoms with van der Waals surface area (Å²) in [7, 11) is -4.11. The number of halogens is 1. The molecule has 3 amide bonds. The fraction of sp³-hybridized carbons (Fsp3) is 0.556. The Bertz CT molecular complexity index is 1470. The number of carbonyl (C=O) groups is 3. The first-order valence-corrected chi connectivity index (χ1v) is 15.8. The predicted octanol–water partition coefficient (Wildman–Crippen LogP) is 4.70. The number of carbonyl (C=O) groups excluding carboxylic acids is 3. The van der Waals surface area contributed by atoms with E-state index in [1.807, 2.05) is 0 Å². The Labute approximate surface area is 247 Å². The van der Waals surface area contributed by atoms with Crippen LogP contribution in [0.5, 0.6) is 0 Å². The van der Waals surface area contributed by atoms with Gasteiger partial charge in [-0.2, -0.15) is 13.3 Å². The van der Waals surface area contributed by atoms with Crippen LogP contribution in [0.2, 0.25) is 0 Å². The van der Waals surface area contributed by atoms with Crippen LogP contribution >= 0.6 is 11.3 Å². The van der Waals surface area contributed by atoms with Crippen molar-refractivity contribution in [3.8, 4) is 0 Å². The van der Waals surface area contributed by atoms with Crippen molar-refractivity contribution in [3.05, 3.63) is 39.6 Å². The highest BCUT2D eigenvalue weighted by atomic mass is 32.2. The fourth-order valence-electron chi connectivity index (χ4n) is 4.69. The number of nitrogens with one attached hydrogen (secondary N) is 1. The van der Waals surface area contributed by atoms with Gasteiger partial charge in [0.15, 0.2) is 0 Å². The van der Waals surface area contributed by atoms with Gasteiger partial charge < -0.3 is 19.7 Å². The summed E-state index contributed by atoms with van der Waals surface area (Å²) >= 11 is 1.19. The third-order valence-electron chi connectivity index (χ3n) is 6.33. The van der Waals surface area contributed by atoms with Crippen molar-refractivity contribution < 1.29 is 41.2 Å². The van der Waals surface area contributed by atoms with Crippen LogP contribution in [-0.4, -0.2) is 66.1 Å². The minimum absolute atomic E-state index is 0.211. The van der Waals surface area contributed by atoms with Gasteiger partial charge in [0.2, 0.25) is 0 Å². The number of imide groups is 1. The molecule has 0 spiro atoms. The van der Waals surface area contributed by atoms with E-state index in [0.717, 1.165) is 6.07 Å². The first-order valence-electron chi connectivity index (χ1n) is 13.4. The first kappa shape index (κ1) is 31.8. The van der Waals surface area contributed by atoms with Gasteiger partial charge in [0.1, 0.15) is 26.9 Å². The molecule has 42 heavy (non-hydrogen) atoms. The smallest absolute Gasteiger partial charge is 0.424 e. The quantitative estimate of drug-likeness (QED) is 0.446. The molecule has 2 aromatic rings. The predicted molar refractivity (Wildman–Crippen MR) is 154 cm³/mol. The van der Waals surface area contributed by atoms with Gasteiger partial charge >= 0.3 is 12.2 Å². The van der Waals surface area contributed by atoms with Crippen LogP contribution in [0, 0.1) is 11.7 Å². The van der Waals surface area contributed by atoms with Crippen molar-refractivity contribution in [1.82, 2.24) is 10.3 Å². The minimum Gasteiger partial charge on any atom is -0.443 e. The number of ether oxygens (including phenoxy) is 2. The van der Waals surface area contributed by atoms with Crippen LogP contribution in [0.3, 0.4) is 0 Å². The summed E-state index contributed by atoms with van der Waals surface area (Å²) < 4.78 is 57.6. The zero-order valence-electron chi connectivity index (χ0n) is 24.3. The lowest BCUT2D eigenvalue weighted by atomic mass is 10.1. The molecule has 0 unspecified atom stereocenters. The molecule has 15 heteroatoms. The van der Waals surface area contributed by atoms with E-state index >= 15 is 4.39 Å². The number of hydrogen-bond donors (Lipinski definition) is 2. The van der Waals surface area contributed by atoms with Crippen LogP contribution < -0.4 is 15.1 Å². The summed E-state index contributed by atoms with van der Waals surface area (Å²) in [5.41, 5.74) is -1.56. The summed E-state index contributed by atoms with van der Waals surface area (Å²) in [6.07, 6.45) is -1.43. The van der Waals surface area contributed by atoms with E-state index in [2.05, 4.69) is 10.3 Å². The summed E-state index contributed by atoms with van der Waals surface area (Å²) in [4.78, 5) is 46.6. The number of benzene rings is 1. The molecule has 1 aromatic heterocycles. The summed E-state index contributed by atoms with van der Waals surface area (Å²) in [6.45, 7) is 10.2. The third kappa shape index (κ3) is 7.62. The monoisotopic (exact) mass is 626 g/mol. The third-order valence-corrected chi connectivity index (χ3v) is 8.42. The van der Waals surface area contributed by atoms with Gasteiger partial charge in [-0.15, -0.1) is 11.3 Å². The van der Waals surface area contributed by atoms with Crippen molar-refractivity contribution in [2.45, 2.75) is 71.6 Å². The molecule has 2 aliphatic heterocycles. The summed E-state index contributed by atoms with van der Waals surface area (Å²) in [6, 6.07) is 3.41. The second-order valence-electron chi connectivity index (χ2n) is 12.3. The van der Waals surface area contributed by atoms with Crippen LogP contribution in [-0.2, 0) is 26.0 Å². The molecular weight excluding hydrogens is 591 g/mol. The molecule has 12 nitrogen and oxygen atoms in total. The molecule has 0 radical (unpaired) electrons. The highest BCUT2D eigenvalue weighted by molar-refractivity contribution is 7.85. The minimum atomic E-state index is -4.11.